The fraction of sp³-hybridized carbons (Fsp3) is 0.333. The van der Waals surface area contributed by atoms with E-state index in [1.807, 2.05) is 24.3 Å². The number of hydrogen-bond acceptors (Lipinski definition) is 3. The summed E-state index contributed by atoms with van der Waals surface area (Å²) in [5.41, 5.74) is 5.82. The Morgan fingerprint density at radius 2 is 1.71 bits per heavy atom. The second-order valence-electron chi connectivity index (χ2n) is 7.13. The van der Waals surface area contributed by atoms with Gasteiger partial charge in [0, 0.05) is 29.2 Å². The number of unbranched alkanes of at least 4 members (excludes halogenated alkanes) is 1. The summed E-state index contributed by atoms with van der Waals surface area (Å²) in [5.74, 6) is 1.01. The molecular formula is C24H28ClN3. The van der Waals surface area contributed by atoms with E-state index >= 15 is 0 Å². The summed E-state index contributed by atoms with van der Waals surface area (Å²) in [6, 6.07) is 16.7. The van der Waals surface area contributed by atoms with Gasteiger partial charge in [-0.05, 0) is 43.0 Å². The fourth-order valence-electron chi connectivity index (χ4n) is 3.44. The zero-order valence-corrected chi connectivity index (χ0v) is 17.7. The third-order valence-electron chi connectivity index (χ3n) is 5.03. The molecule has 3 aromatic rings. The highest BCUT2D eigenvalue weighted by Gasteiger charge is 2.16. The molecule has 1 aromatic heterocycles. The van der Waals surface area contributed by atoms with E-state index in [4.69, 9.17) is 11.6 Å². The average molecular weight is 394 g/mol. The van der Waals surface area contributed by atoms with Crippen molar-refractivity contribution in [1.29, 1.82) is 0 Å². The lowest BCUT2D eigenvalue weighted by Gasteiger charge is -2.26. The molecule has 0 saturated heterocycles. The number of hydrogen-bond donors (Lipinski definition) is 0. The van der Waals surface area contributed by atoms with Gasteiger partial charge in [0.25, 0.3) is 0 Å². The molecule has 0 spiro atoms. The number of aryl methyl sites for hydroxylation is 1. The quantitative estimate of drug-likeness (QED) is 0.438. The predicted octanol–water partition coefficient (Wildman–Crippen LogP) is 6.47. The first kappa shape index (κ1) is 20.3. The monoisotopic (exact) mass is 393 g/mol. The highest BCUT2D eigenvalue weighted by molar-refractivity contribution is 6.30. The van der Waals surface area contributed by atoms with Crippen molar-refractivity contribution in [3.63, 3.8) is 0 Å². The summed E-state index contributed by atoms with van der Waals surface area (Å²) in [7, 11) is 0. The molecule has 3 nitrogen and oxygen atoms in total. The Hall–Kier alpha value is -2.39. The van der Waals surface area contributed by atoms with Gasteiger partial charge in [0.15, 0.2) is 0 Å². The Morgan fingerprint density at radius 1 is 0.964 bits per heavy atom. The summed E-state index contributed by atoms with van der Waals surface area (Å²) in [6.07, 6.45) is 5.01. The van der Waals surface area contributed by atoms with E-state index in [1.54, 1.807) is 6.33 Å². The van der Waals surface area contributed by atoms with Crippen LogP contribution in [-0.4, -0.2) is 16.5 Å². The SMILES string of the molecule is CCCCN(Cc1cccc(CC)c1)c1ncnc(-c2ccc(Cl)cc2)c1C. The van der Waals surface area contributed by atoms with E-state index in [1.165, 1.54) is 11.1 Å². The summed E-state index contributed by atoms with van der Waals surface area (Å²) < 4.78 is 0. The van der Waals surface area contributed by atoms with E-state index in [0.717, 1.165) is 60.0 Å². The van der Waals surface area contributed by atoms with E-state index < -0.39 is 0 Å². The van der Waals surface area contributed by atoms with Gasteiger partial charge in [-0.1, -0.05) is 68.3 Å². The Labute approximate surface area is 173 Å². The maximum absolute atomic E-state index is 6.05. The number of aromatic nitrogens is 2. The molecule has 0 atom stereocenters. The van der Waals surface area contributed by atoms with Crippen LogP contribution in [0.3, 0.4) is 0 Å². The van der Waals surface area contributed by atoms with Crippen molar-refractivity contribution in [2.75, 3.05) is 11.4 Å². The molecule has 1 heterocycles. The van der Waals surface area contributed by atoms with Crippen LogP contribution in [0.2, 0.25) is 5.02 Å². The molecule has 0 aliphatic rings. The van der Waals surface area contributed by atoms with Crippen molar-refractivity contribution in [2.24, 2.45) is 0 Å². The second kappa shape index (κ2) is 9.70. The third kappa shape index (κ3) is 4.90. The molecule has 0 saturated carbocycles. The highest BCUT2D eigenvalue weighted by atomic mass is 35.5. The van der Waals surface area contributed by atoms with Crippen LogP contribution in [0.5, 0.6) is 0 Å². The molecule has 146 valence electrons. The maximum atomic E-state index is 6.05. The van der Waals surface area contributed by atoms with Gasteiger partial charge >= 0.3 is 0 Å². The molecule has 0 unspecified atom stereocenters. The Morgan fingerprint density at radius 3 is 2.43 bits per heavy atom. The molecule has 4 heteroatoms. The van der Waals surface area contributed by atoms with Crippen LogP contribution >= 0.6 is 11.6 Å². The largest absolute Gasteiger partial charge is 0.352 e. The van der Waals surface area contributed by atoms with Crippen LogP contribution in [0.15, 0.2) is 54.9 Å². The van der Waals surface area contributed by atoms with Crippen molar-refractivity contribution >= 4 is 17.4 Å². The molecule has 0 aliphatic carbocycles. The molecular weight excluding hydrogens is 366 g/mol. The summed E-state index contributed by atoms with van der Waals surface area (Å²) >= 11 is 6.05. The molecule has 0 aliphatic heterocycles. The number of anilines is 1. The van der Waals surface area contributed by atoms with Gasteiger partial charge in [-0.25, -0.2) is 9.97 Å². The predicted molar refractivity (Wildman–Crippen MR) is 119 cm³/mol. The summed E-state index contributed by atoms with van der Waals surface area (Å²) in [4.78, 5) is 11.6. The lowest BCUT2D eigenvalue weighted by atomic mass is 10.1. The molecule has 0 radical (unpaired) electrons. The van der Waals surface area contributed by atoms with Crippen molar-refractivity contribution < 1.29 is 0 Å². The van der Waals surface area contributed by atoms with Crippen LogP contribution in [-0.2, 0) is 13.0 Å². The van der Waals surface area contributed by atoms with Gasteiger partial charge in [0.2, 0.25) is 0 Å². The Balaban J connectivity index is 1.95. The minimum absolute atomic E-state index is 0.732. The van der Waals surface area contributed by atoms with Crippen LogP contribution in [0.4, 0.5) is 5.82 Å². The molecule has 0 bridgehead atoms. The lowest BCUT2D eigenvalue weighted by molar-refractivity contribution is 0.704. The topological polar surface area (TPSA) is 29.0 Å². The molecule has 28 heavy (non-hydrogen) atoms. The van der Waals surface area contributed by atoms with Crippen LogP contribution in [0, 0.1) is 6.92 Å². The smallest absolute Gasteiger partial charge is 0.135 e. The Bertz CT molecular complexity index is 906. The second-order valence-corrected chi connectivity index (χ2v) is 7.56. The fourth-order valence-corrected chi connectivity index (χ4v) is 3.56. The standard InChI is InChI=1S/C24H28ClN3/c1-4-6-14-28(16-20-9-7-8-19(5-2)15-20)24-18(3)23(26-17-27-24)21-10-12-22(25)13-11-21/h7-13,15,17H,4-6,14,16H2,1-3H3. The third-order valence-corrected chi connectivity index (χ3v) is 5.28. The number of rotatable bonds is 8. The molecule has 3 rings (SSSR count). The zero-order chi connectivity index (χ0) is 19.9. The lowest BCUT2D eigenvalue weighted by Crippen LogP contribution is -2.26. The van der Waals surface area contributed by atoms with Gasteiger partial charge in [-0.3, -0.25) is 0 Å². The van der Waals surface area contributed by atoms with Crippen molar-refractivity contribution in [3.8, 4) is 11.3 Å². The van der Waals surface area contributed by atoms with Gasteiger partial charge in [0.05, 0.1) is 5.69 Å². The normalized spacial score (nSPS) is 10.9. The van der Waals surface area contributed by atoms with E-state index in [-0.39, 0.29) is 0 Å². The summed E-state index contributed by atoms with van der Waals surface area (Å²) in [6.45, 7) is 8.36. The first-order valence-electron chi connectivity index (χ1n) is 10.0. The average Bonchev–Trinajstić information content (AvgIpc) is 2.72. The van der Waals surface area contributed by atoms with Gasteiger partial charge in [-0.2, -0.15) is 0 Å². The minimum atomic E-state index is 0.732. The van der Waals surface area contributed by atoms with Crippen molar-refractivity contribution in [3.05, 3.63) is 76.6 Å². The number of halogens is 1. The van der Waals surface area contributed by atoms with Gasteiger partial charge in [0.1, 0.15) is 12.1 Å². The molecule has 0 fully saturated rings. The minimum Gasteiger partial charge on any atom is -0.352 e. The molecule has 0 amide bonds. The van der Waals surface area contributed by atoms with Crippen LogP contribution in [0.25, 0.3) is 11.3 Å². The van der Waals surface area contributed by atoms with Gasteiger partial charge < -0.3 is 4.90 Å². The van der Waals surface area contributed by atoms with E-state index in [2.05, 4.69) is 59.9 Å². The summed E-state index contributed by atoms with van der Waals surface area (Å²) in [5, 5.41) is 0.732. The molecule has 0 N–H and O–H groups in total. The van der Waals surface area contributed by atoms with Crippen molar-refractivity contribution in [1.82, 2.24) is 9.97 Å². The van der Waals surface area contributed by atoms with E-state index in [0.29, 0.717) is 0 Å². The van der Waals surface area contributed by atoms with Crippen LogP contribution in [0.1, 0.15) is 43.4 Å². The zero-order valence-electron chi connectivity index (χ0n) is 17.0. The van der Waals surface area contributed by atoms with Gasteiger partial charge in [-0.15, -0.1) is 0 Å². The van der Waals surface area contributed by atoms with Crippen LogP contribution < -0.4 is 4.90 Å². The number of nitrogens with zero attached hydrogens (tertiary/aromatic N) is 3. The van der Waals surface area contributed by atoms with Crippen molar-refractivity contribution in [2.45, 2.75) is 46.6 Å². The first-order valence-corrected chi connectivity index (χ1v) is 10.4. The molecule has 2 aromatic carbocycles. The van der Waals surface area contributed by atoms with E-state index in [9.17, 15) is 0 Å². The highest BCUT2D eigenvalue weighted by Crippen LogP contribution is 2.29. The Kier molecular flexibility index (Phi) is 7.05. The number of benzene rings is 2. The first-order chi connectivity index (χ1) is 13.6. The maximum Gasteiger partial charge on any atom is 0.135 e.